The van der Waals surface area contributed by atoms with Gasteiger partial charge in [0.15, 0.2) is 11.5 Å². The van der Waals surface area contributed by atoms with Gasteiger partial charge in [-0.1, -0.05) is 36.4 Å². The summed E-state index contributed by atoms with van der Waals surface area (Å²) in [6.07, 6.45) is 2.74. The Labute approximate surface area is 146 Å². The number of rotatable bonds is 6. The number of benzene rings is 2. The predicted octanol–water partition coefficient (Wildman–Crippen LogP) is 3.84. The Morgan fingerprint density at radius 3 is 2.48 bits per heavy atom. The van der Waals surface area contributed by atoms with Gasteiger partial charge in [0.05, 0.1) is 31.7 Å². The molecule has 0 aliphatic heterocycles. The molecule has 0 aliphatic carbocycles. The van der Waals surface area contributed by atoms with E-state index >= 15 is 0 Å². The molecule has 0 saturated carbocycles. The minimum absolute atomic E-state index is 0.584. The van der Waals surface area contributed by atoms with Crippen LogP contribution in [-0.4, -0.2) is 29.5 Å². The topological polar surface area (TPSA) is 67.4 Å². The molecule has 0 aliphatic rings. The summed E-state index contributed by atoms with van der Waals surface area (Å²) >= 11 is 0. The van der Waals surface area contributed by atoms with Crippen LogP contribution in [0.4, 0.5) is 0 Å². The van der Waals surface area contributed by atoms with Gasteiger partial charge in [-0.3, -0.25) is 5.10 Å². The Hall–Kier alpha value is -3.05. The number of aliphatic hydroxyl groups is 1. The third kappa shape index (κ3) is 3.89. The molecule has 1 atom stereocenters. The lowest BCUT2D eigenvalue weighted by Gasteiger charge is -2.11. The highest BCUT2D eigenvalue weighted by Crippen LogP contribution is 2.30. The molecular formula is C20H20N2O3. The van der Waals surface area contributed by atoms with E-state index in [2.05, 4.69) is 10.2 Å². The van der Waals surface area contributed by atoms with Crippen molar-refractivity contribution in [3.8, 4) is 22.8 Å². The first-order valence-electron chi connectivity index (χ1n) is 7.90. The molecule has 0 bridgehead atoms. The maximum atomic E-state index is 10.4. The highest BCUT2D eigenvalue weighted by atomic mass is 16.5. The van der Waals surface area contributed by atoms with Gasteiger partial charge in [0.25, 0.3) is 0 Å². The molecule has 0 spiro atoms. The molecule has 5 heteroatoms. The van der Waals surface area contributed by atoms with E-state index in [1.165, 1.54) is 0 Å². The fourth-order valence-corrected chi connectivity index (χ4v) is 2.52. The number of nitrogens with zero attached hydrogens (tertiary/aromatic N) is 1. The zero-order chi connectivity index (χ0) is 17.6. The number of nitrogens with one attached hydrogen (secondary N) is 1. The fourth-order valence-electron chi connectivity index (χ4n) is 2.52. The summed E-state index contributed by atoms with van der Waals surface area (Å²) in [5.74, 6) is 1.21. The zero-order valence-corrected chi connectivity index (χ0v) is 14.1. The molecule has 0 saturated heterocycles. The number of aliphatic hydroxyl groups excluding tert-OH is 1. The predicted molar refractivity (Wildman–Crippen MR) is 97.6 cm³/mol. The smallest absolute Gasteiger partial charge is 0.161 e. The fraction of sp³-hybridized carbons (Fsp3) is 0.150. The highest BCUT2D eigenvalue weighted by Gasteiger charge is 2.09. The molecule has 3 aromatic rings. The standard InChI is InChI=1S/C20H20N2O3/c1-24-19-11-8-15(12-20(19)25-2)18(23)10-9-16-13-17(22-21-16)14-6-4-3-5-7-14/h3-13,18,23H,1-2H3,(H,21,22). The second-order valence-corrected chi connectivity index (χ2v) is 5.49. The molecule has 0 radical (unpaired) electrons. The van der Waals surface area contributed by atoms with Gasteiger partial charge in [0, 0.05) is 5.56 Å². The summed E-state index contributed by atoms with van der Waals surface area (Å²) in [6.45, 7) is 0. The van der Waals surface area contributed by atoms with Gasteiger partial charge < -0.3 is 14.6 Å². The van der Waals surface area contributed by atoms with Crippen LogP contribution in [0, 0.1) is 0 Å². The molecule has 25 heavy (non-hydrogen) atoms. The first-order chi connectivity index (χ1) is 12.2. The van der Waals surface area contributed by atoms with Gasteiger partial charge in [0.2, 0.25) is 0 Å². The average Bonchev–Trinajstić information content (AvgIpc) is 3.15. The molecule has 0 amide bonds. The average molecular weight is 336 g/mol. The van der Waals surface area contributed by atoms with E-state index in [1.807, 2.05) is 36.4 Å². The van der Waals surface area contributed by atoms with E-state index in [9.17, 15) is 5.11 Å². The Balaban J connectivity index is 1.75. The summed E-state index contributed by atoms with van der Waals surface area (Å²) < 4.78 is 10.5. The van der Waals surface area contributed by atoms with E-state index in [1.54, 1.807) is 44.6 Å². The second kappa shape index (κ2) is 7.68. The summed E-state index contributed by atoms with van der Waals surface area (Å²) in [5, 5.41) is 17.6. The Morgan fingerprint density at radius 2 is 1.76 bits per heavy atom. The lowest BCUT2D eigenvalue weighted by molar-refractivity contribution is 0.228. The van der Waals surface area contributed by atoms with Crippen LogP contribution in [-0.2, 0) is 0 Å². The van der Waals surface area contributed by atoms with E-state index in [-0.39, 0.29) is 0 Å². The number of aromatic nitrogens is 2. The summed E-state index contributed by atoms with van der Waals surface area (Å²) in [4.78, 5) is 0. The van der Waals surface area contributed by atoms with Crippen molar-refractivity contribution in [2.75, 3.05) is 14.2 Å². The van der Waals surface area contributed by atoms with Gasteiger partial charge in [-0.15, -0.1) is 0 Å². The zero-order valence-electron chi connectivity index (χ0n) is 14.1. The first-order valence-corrected chi connectivity index (χ1v) is 7.90. The SMILES string of the molecule is COc1ccc(C(O)C=Cc2cc(-c3ccccc3)n[nH]2)cc1OC. The van der Waals surface area contributed by atoms with E-state index in [4.69, 9.17) is 9.47 Å². The van der Waals surface area contributed by atoms with Crippen molar-refractivity contribution in [3.63, 3.8) is 0 Å². The number of ether oxygens (including phenoxy) is 2. The van der Waals surface area contributed by atoms with Crippen LogP contribution < -0.4 is 9.47 Å². The second-order valence-electron chi connectivity index (χ2n) is 5.49. The van der Waals surface area contributed by atoms with Crippen molar-refractivity contribution in [3.05, 3.63) is 71.9 Å². The van der Waals surface area contributed by atoms with Crippen LogP contribution in [0.15, 0.2) is 60.7 Å². The monoisotopic (exact) mass is 336 g/mol. The van der Waals surface area contributed by atoms with Gasteiger partial charge in [0.1, 0.15) is 0 Å². The number of hydrogen-bond donors (Lipinski definition) is 2. The molecule has 1 aromatic heterocycles. The molecular weight excluding hydrogens is 316 g/mol. The molecule has 0 fully saturated rings. The summed E-state index contributed by atoms with van der Waals surface area (Å²) in [6, 6.07) is 17.2. The minimum atomic E-state index is -0.761. The third-order valence-electron chi connectivity index (χ3n) is 3.87. The van der Waals surface area contributed by atoms with Crippen LogP contribution in [0.3, 0.4) is 0 Å². The molecule has 1 unspecified atom stereocenters. The molecule has 1 heterocycles. The number of methoxy groups -OCH3 is 2. The normalized spacial score (nSPS) is 12.3. The number of H-pyrrole nitrogens is 1. The number of hydrogen-bond acceptors (Lipinski definition) is 4. The molecule has 5 nitrogen and oxygen atoms in total. The van der Waals surface area contributed by atoms with Crippen molar-refractivity contribution < 1.29 is 14.6 Å². The van der Waals surface area contributed by atoms with Crippen LogP contribution in [0.5, 0.6) is 11.5 Å². The first kappa shape index (κ1) is 16.8. The van der Waals surface area contributed by atoms with Crippen LogP contribution in [0.25, 0.3) is 17.3 Å². The molecule has 2 N–H and O–H groups in total. The quantitative estimate of drug-likeness (QED) is 0.718. The van der Waals surface area contributed by atoms with Crippen molar-refractivity contribution in [1.29, 1.82) is 0 Å². The minimum Gasteiger partial charge on any atom is -0.493 e. The third-order valence-corrected chi connectivity index (χ3v) is 3.87. The van der Waals surface area contributed by atoms with Gasteiger partial charge in [-0.05, 0) is 35.9 Å². The molecule has 2 aromatic carbocycles. The molecule has 128 valence electrons. The van der Waals surface area contributed by atoms with Crippen molar-refractivity contribution >= 4 is 6.08 Å². The van der Waals surface area contributed by atoms with Crippen LogP contribution in [0.2, 0.25) is 0 Å². The van der Waals surface area contributed by atoms with E-state index in [0.717, 1.165) is 22.5 Å². The van der Waals surface area contributed by atoms with Gasteiger partial charge >= 0.3 is 0 Å². The number of aromatic amines is 1. The maximum Gasteiger partial charge on any atom is 0.161 e. The molecule has 3 rings (SSSR count). The Morgan fingerprint density at radius 1 is 1.00 bits per heavy atom. The van der Waals surface area contributed by atoms with Gasteiger partial charge in [-0.25, -0.2) is 0 Å². The summed E-state index contributed by atoms with van der Waals surface area (Å²) in [5.41, 5.74) is 3.44. The lowest BCUT2D eigenvalue weighted by atomic mass is 10.1. The van der Waals surface area contributed by atoms with E-state index < -0.39 is 6.10 Å². The maximum absolute atomic E-state index is 10.4. The largest absolute Gasteiger partial charge is 0.493 e. The van der Waals surface area contributed by atoms with Crippen LogP contribution >= 0.6 is 0 Å². The Bertz CT molecular complexity index is 856. The highest BCUT2D eigenvalue weighted by molar-refractivity contribution is 5.62. The summed E-state index contributed by atoms with van der Waals surface area (Å²) in [7, 11) is 3.15. The van der Waals surface area contributed by atoms with Crippen molar-refractivity contribution in [1.82, 2.24) is 10.2 Å². The van der Waals surface area contributed by atoms with Crippen molar-refractivity contribution in [2.24, 2.45) is 0 Å². The van der Waals surface area contributed by atoms with E-state index in [0.29, 0.717) is 11.5 Å². The lowest BCUT2D eigenvalue weighted by Crippen LogP contribution is -1.96. The van der Waals surface area contributed by atoms with Gasteiger partial charge in [-0.2, -0.15) is 5.10 Å². The van der Waals surface area contributed by atoms with Crippen LogP contribution in [0.1, 0.15) is 17.4 Å². The Kier molecular flexibility index (Phi) is 5.16. The van der Waals surface area contributed by atoms with Crippen molar-refractivity contribution in [2.45, 2.75) is 6.10 Å².